The van der Waals surface area contributed by atoms with Crippen molar-refractivity contribution in [2.24, 2.45) is 0 Å². The first-order valence-corrected chi connectivity index (χ1v) is 7.29. The molecular formula is C14H8BrClN4O2. The molecule has 0 N–H and O–H groups in total. The highest BCUT2D eigenvalue weighted by Gasteiger charge is 2.17. The van der Waals surface area contributed by atoms with Gasteiger partial charge in [0.1, 0.15) is 12.1 Å². The summed E-state index contributed by atoms with van der Waals surface area (Å²) in [5, 5.41) is 0.561. The number of hydrogen-bond acceptors (Lipinski definition) is 5. The van der Waals surface area contributed by atoms with Crippen LogP contribution in [0.1, 0.15) is 10.5 Å². The van der Waals surface area contributed by atoms with Gasteiger partial charge in [-0.1, -0.05) is 11.6 Å². The minimum Gasteiger partial charge on any atom is -0.422 e. The number of carbonyl (C=O) groups is 1. The number of hydrogen-bond donors (Lipinski definition) is 0. The summed E-state index contributed by atoms with van der Waals surface area (Å²) in [6.45, 7) is 0. The molecule has 0 aliphatic carbocycles. The highest BCUT2D eigenvalue weighted by Crippen LogP contribution is 2.20. The normalized spacial score (nSPS) is 10.5. The standard InChI is InChI=1S/C14H8BrClN4O2/c15-11-7-18-14(20-6-5-17-8-20)19-12(11)13(21)22-10-3-1-9(16)2-4-10/h1-8H. The molecule has 0 bridgehead atoms. The third kappa shape index (κ3) is 3.15. The lowest BCUT2D eigenvalue weighted by Gasteiger charge is -2.07. The van der Waals surface area contributed by atoms with Gasteiger partial charge in [-0.3, -0.25) is 4.57 Å². The van der Waals surface area contributed by atoms with Gasteiger partial charge in [0.25, 0.3) is 0 Å². The minimum absolute atomic E-state index is 0.119. The number of ether oxygens (including phenoxy) is 1. The number of nitrogens with zero attached hydrogens (tertiary/aromatic N) is 4. The molecule has 0 spiro atoms. The summed E-state index contributed by atoms with van der Waals surface area (Å²) in [5.41, 5.74) is 0.119. The lowest BCUT2D eigenvalue weighted by molar-refractivity contribution is 0.0727. The average molecular weight is 380 g/mol. The Kier molecular flexibility index (Phi) is 4.17. The molecule has 0 unspecified atom stereocenters. The van der Waals surface area contributed by atoms with Crippen molar-refractivity contribution in [1.82, 2.24) is 19.5 Å². The van der Waals surface area contributed by atoms with E-state index in [-0.39, 0.29) is 5.69 Å². The lowest BCUT2D eigenvalue weighted by Crippen LogP contribution is -2.14. The Labute approximate surface area is 138 Å². The quantitative estimate of drug-likeness (QED) is 0.516. The van der Waals surface area contributed by atoms with Crippen LogP contribution < -0.4 is 4.74 Å². The van der Waals surface area contributed by atoms with E-state index in [1.54, 1.807) is 41.2 Å². The Balaban J connectivity index is 1.88. The number of rotatable bonds is 3. The third-order valence-corrected chi connectivity index (χ3v) is 3.52. The molecule has 0 saturated heterocycles. The van der Waals surface area contributed by atoms with Crippen LogP contribution in [0.3, 0.4) is 0 Å². The van der Waals surface area contributed by atoms with Gasteiger partial charge in [0.05, 0.1) is 4.47 Å². The van der Waals surface area contributed by atoms with E-state index in [4.69, 9.17) is 16.3 Å². The van der Waals surface area contributed by atoms with Crippen molar-refractivity contribution in [2.75, 3.05) is 0 Å². The van der Waals surface area contributed by atoms with Crippen LogP contribution in [0.25, 0.3) is 5.95 Å². The molecule has 8 heteroatoms. The highest BCUT2D eigenvalue weighted by atomic mass is 79.9. The second kappa shape index (κ2) is 6.25. The molecule has 0 radical (unpaired) electrons. The maximum absolute atomic E-state index is 12.2. The number of benzene rings is 1. The van der Waals surface area contributed by atoms with Crippen molar-refractivity contribution in [3.8, 4) is 11.7 Å². The first-order valence-electron chi connectivity index (χ1n) is 6.12. The lowest BCUT2D eigenvalue weighted by atomic mass is 10.3. The number of halogens is 2. The predicted octanol–water partition coefficient (Wildman–Crippen LogP) is 3.30. The van der Waals surface area contributed by atoms with Crippen LogP contribution in [0.4, 0.5) is 0 Å². The molecule has 2 aromatic heterocycles. The highest BCUT2D eigenvalue weighted by molar-refractivity contribution is 9.10. The predicted molar refractivity (Wildman–Crippen MR) is 83.3 cm³/mol. The molecule has 0 aliphatic heterocycles. The van der Waals surface area contributed by atoms with E-state index in [0.717, 1.165) is 0 Å². The van der Waals surface area contributed by atoms with Gasteiger partial charge < -0.3 is 4.74 Å². The van der Waals surface area contributed by atoms with Crippen molar-refractivity contribution in [1.29, 1.82) is 0 Å². The molecule has 0 saturated carbocycles. The Morgan fingerprint density at radius 3 is 2.73 bits per heavy atom. The van der Waals surface area contributed by atoms with Crippen LogP contribution in [0.5, 0.6) is 5.75 Å². The summed E-state index contributed by atoms with van der Waals surface area (Å²) in [5.74, 6) is 0.103. The monoisotopic (exact) mass is 378 g/mol. The molecular weight excluding hydrogens is 372 g/mol. The Bertz CT molecular complexity index is 806. The van der Waals surface area contributed by atoms with Crippen molar-refractivity contribution in [2.45, 2.75) is 0 Å². The second-order valence-corrected chi connectivity index (χ2v) is 5.47. The zero-order chi connectivity index (χ0) is 15.5. The SMILES string of the molecule is O=C(Oc1ccc(Cl)cc1)c1nc(-n2ccnc2)ncc1Br. The minimum atomic E-state index is -0.599. The van der Waals surface area contributed by atoms with Crippen molar-refractivity contribution >= 4 is 33.5 Å². The van der Waals surface area contributed by atoms with Gasteiger partial charge in [-0.2, -0.15) is 0 Å². The summed E-state index contributed by atoms with van der Waals surface area (Å²) < 4.78 is 7.29. The van der Waals surface area contributed by atoms with E-state index < -0.39 is 5.97 Å². The fraction of sp³-hybridized carbons (Fsp3) is 0. The van der Waals surface area contributed by atoms with E-state index in [1.165, 1.54) is 12.5 Å². The van der Waals surface area contributed by atoms with E-state index in [9.17, 15) is 4.79 Å². The zero-order valence-corrected chi connectivity index (χ0v) is 13.3. The van der Waals surface area contributed by atoms with Gasteiger partial charge >= 0.3 is 5.97 Å². The molecule has 22 heavy (non-hydrogen) atoms. The molecule has 0 aliphatic rings. The average Bonchev–Trinajstić information content (AvgIpc) is 3.04. The van der Waals surface area contributed by atoms with Crippen molar-refractivity contribution in [3.05, 3.63) is 64.4 Å². The van der Waals surface area contributed by atoms with E-state index in [1.807, 2.05) is 0 Å². The Morgan fingerprint density at radius 1 is 1.27 bits per heavy atom. The molecule has 6 nitrogen and oxygen atoms in total. The van der Waals surface area contributed by atoms with Gasteiger partial charge in [0, 0.05) is 23.6 Å². The zero-order valence-electron chi connectivity index (χ0n) is 11.0. The Hall–Kier alpha value is -2.25. The van der Waals surface area contributed by atoms with E-state index >= 15 is 0 Å². The van der Waals surface area contributed by atoms with Gasteiger partial charge in [-0.25, -0.2) is 19.7 Å². The number of esters is 1. The van der Waals surface area contributed by atoms with E-state index in [2.05, 4.69) is 30.9 Å². The molecule has 0 fully saturated rings. The van der Waals surface area contributed by atoms with Gasteiger partial charge in [0.2, 0.25) is 5.95 Å². The number of imidazole rings is 1. The molecule has 1 aromatic carbocycles. The molecule has 3 aromatic rings. The summed E-state index contributed by atoms with van der Waals surface area (Å²) >= 11 is 9.04. The number of carbonyl (C=O) groups excluding carboxylic acids is 1. The Morgan fingerprint density at radius 2 is 2.05 bits per heavy atom. The maximum atomic E-state index is 12.2. The molecule has 3 rings (SSSR count). The molecule has 2 heterocycles. The largest absolute Gasteiger partial charge is 0.422 e. The van der Waals surface area contributed by atoms with Crippen LogP contribution in [0.15, 0.2) is 53.7 Å². The van der Waals surface area contributed by atoms with Gasteiger partial charge in [0.15, 0.2) is 5.69 Å². The summed E-state index contributed by atoms with van der Waals surface area (Å²) in [7, 11) is 0. The first kappa shape index (κ1) is 14.7. The summed E-state index contributed by atoms with van der Waals surface area (Å²) in [6.07, 6.45) is 6.30. The van der Waals surface area contributed by atoms with Gasteiger partial charge in [-0.15, -0.1) is 0 Å². The first-order chi connectivity index (χ1) is 10.6. The van der Waals surface area contributed by atoms with Crippen LogP contribution in [0.2, 0.25) is 5.02 Å². The van der Waals surface area contributed by atoms with Crippen LogP contribution in [-0.2, 0) is 0 Å². The van der Waals surface area contributed by atoms with Crippen LogP contribution in [0, 0.1) is 0 Å². The fourth-order valence-electron chi connectivity index (χ4n) is 1.66. The number of aromatic nitrogens is 4. The van der Waals surface area contributed by atoms with Crippen LogP contribution in [-0.4, -0.2) is 25.5 Å². The molecule has 110 valence electrons. The summed E-state index contributed by atoms with van der Waals surface area (Å²) in [6, 6.07) is 6.48. The van der Waals surface area contributed by atoms with Crippen LogP contribution >= 0.6 is 27.5 Å². The third-order valence-electron chi connectivity index (χ3n) is 2.68. The second-order valence-electron chi connectivity index (χ2n) is 4.18. The van der Waals surface area contributed by atoms with E-state index in [0.29, 0.717) is 21.2 Å². The van der Waals surface area contributed by atoms with Gasteiger partial charge in [-0.05, 0) is 40.2 Å². The molecule has 0 amide bonds. The topological polar surface area (TPSA) is 69.9 Å². The van der Waals surface area contributed by atoms with Crippen molar-refractivity contribution in [3.63, 3.8) is 0 Å². The smallest absolute Gasteiger partial charge is 0.363 e. The maximum Gasteiger partial charge on any atom is 0.363 e. The summed E-state index contributed by atoms with van der Waals surface area (Å²) in [4.78, 5) is 24.5. The fourth-order valence-corrected chi connectivity index (χ4v) is 2.14. The molecule has 0 atom stereocenters. The van der Waals surface area contributed by atoms with Crippen molar-refractivity contribution < 1.29 is 9.53 Å².